The predicted octanol–water partition coefficient (Wildman–Crippen LogP) is 1.55. The number of hydrogen-bond donors (Lipinski definition) is 2. The van der Waals surface area contributed by atoms with Crippen LogP contribution in [-0.4, -0.2) is 15.1 Å². The largest absolute Gasteiger partial charge is 0.499 e. The van der Waals surface area contributed by atoms with Gasteiger partial charge in [-0.2, -0.15) is 0 Å². The summed E-state index contributed by atoms with van der Waals surface area (Å²) in [5.74, 6) is -1.68. The first kappa shape index (κ1) is 12.6. The van der Waals surface area contributed by atoms with E-state index < -0.39 is 22.0 Å². The number of nitro groups is 1. The quantitative estimate of drug-likeness (QED) is 0.641. The molecule has 2 N–H and O–H groups in total. The molecular formula is C12H9NO6. The van der Waals surface area contributed by atoms with Crippen LogP contribution in [0.15, 0.2) is 39.7 Å². The molecule has 19 heavy (non-hydrogen) atoms. The first-order valence-corrected chi connectivity index (χ1v) is 5.25. The van der Waals surface area contributed by atoms with Crippen LogP contribution in [0, 0.1) is 10.1 Å². The number of nitrogens with zero attached hydrogens (tertiary/aromatic N) is 1. The van der Waals surface area contributed by atoms with Crippen molar-refractivity contribution in [1.82, 2.24) is 0 Å². The van der Waals surface area contributed by atoms with Crippen molar-refractivity contribution in [2.24, 2.45) is 0 Å². The molecule has 0 saturated heterocycles. The lowest BCUT2D eigenvalue weighted by molar-refractivity contribution is -0.384. The summed E-state index contributed by atoms with van der Waals surface area (Å²) in [4.78, 5) is 21.6. The molecule has 0 aliphatic heterocycles. The molecule has 0 amide bonds. The Morgan fingerprint density at radius 3 is 2.42 bits per heavy atom. The van der Waals surface area contributed by atoms with Gasteiger partial charge in [0.2, 0.25) is 11.2 Å². The summed E-state index contributed by atoms with van der Waals surface area (Å²) >= 11 is 0. The molecule has 1 aromatic carbocycles. The average molecular weight is 263 g/mol. The molecule has 7 heteroatoms. The van der Waals surface area contributed by atoms with Crippen molar-refractivity contribution in [2.45, 2.75) is 6.42 Å². The van der Waals surface area contributed by atoms with E-state index in [9.17, 15) is 20.0 Å². The van der Waals surface area contributed by atoms with E-state index in [1.165, 1.54) is 24.3 Å². The van der Waals surface area contributed by atoms with Gasteiger partial charge in [-0.3, -0.25) is 14.9 Å². The molecule has 0 fully saturated rings. The van der Waals surface area contributed by atoms with Crippen LogP contribution < -0.4 is 5.43 Å². The Hall–Kier alpha value is -2.83. The van der Waals surface area contributed by atoms with Crippen LogP contribution in [0.4, 0.5) is 5.69 Å². The zero-order valence-electron chi connectivity index (χ0n) is 9.57. The first-order valence-electron chi connectivity index (χ1n) is 5.25. The van der Waals surface area contributed by atoms with Crippen molar-refractivity contribution < 1.29 is 19.6 Å². The fourth-order valence-electron chi connectivity index (χ4n) is 1.56. The number of rotatable bonds is 3. The molecule has 2 rings (SSSR count). The Labute approximate surface area is 106 Å². The summed E-state index contributed by atoms with van der Waals surface area (Å²) in [5, 5.41) is 28.7. The second-order valence-corrected chi connectivity index (χ2v) is 3.84. The van der Waals surface area contributed by atoms with Gasteiger partial charge in [-0.15, -0.1) is 0 Å². The van der Waals surface area contributed by atoms with Gasteiger partial charge in [0.25, 0.3) is 5.69 Å². The van der Waals surface area contributed by atoms with Crippen molar-refractivity contribution in [2.75, 3.05) is 0 Å². The van der Waals surface area contributed by atoms with Gasteiger partial charge in [0.1, 0.15) is 6.26 Å². The molecule has 0 aliphatic carbocycles. The summed E-state index contributed by atoms with van der Waals surface area (Å²) in [6.45, 7) is 0. The predicted molar refractivity (Wildman–Crippen MR) is 64.2 cm³/mol. The molecule has 1 heterocycles. The van der Waals surface area contributed by atoms with Crippen molar-refractivity contribution in [3.8, 4) is 11.7 Å². The van der Waals surface area contributed by atoms with Crippen LogP contribution in [0.5, 0.6) is 11.7 Å². The summed E-state index contributed by atoms with van der Waals surface area (Å²) < 4.78 is 4.60. The highest BCUT2D eigenvalue weighted by Gasteiger charge is 2.12. The molecular weight excluding hydrogens is 254 g/mol. The van der Waals surface area contributed by atoms with E-state index in [-0.39, 0.29) is 17.7 Å². The van der Waals surface area contributed by atoms with Crippen molar-refractivity contribution in [3.63, 3.8) is 0 Å². The van der Waals surface area contributed by atoms with Gasteiger partial charge in [-0.05, 0) is 5.56 Å². The van der Waals surface area contributed by atoms with Crippen LogP contribution in [0.3, 0.4) is 0 Å². The Balaban J connectivity index is 2.29. The minimum absolute atomic E-state index is 0.0515. The Morgan fingerprint density at radius 2 is 1.84 bits per heavy atom. The summed E-state index contributed by atoms with van der Waals surface area (Å²) in [7, 11) is 0. The molecule has 7 nitrogen and oxygen atoms in total. The van der Waals surface area contributed by atoms with E-state index in [0.29, 0.717) is 5.56 Å². The molecule has 0 aliphatic rings. The lowest BCUT2D eigenvalue weighted by Crippen LogP contribution is -2.08. The van der Waals surface area contributed by atoms with Crippen molar-refractivity contribution >= 4 is 5.69 Å². The lowest BCUT2D eigenvalue weighted by atomic mass is 10.1. The van der Waals surface area contributed by atoms with E-state index in [2.05, 4.69) is 4.42 Å². The van der Waals surface area contributed by atoms with E-state index >= 15 is 0 Å². The highest BCUT2D eigenvalue weighted by atomic mass is 16.6. The van der Waals surface area contributed by atoms with Crippen molar-refractivity contribution in [3.05, 3.63) is 62.0 Å². The minimum Gasteiger partial charge on any atom is -0.499 e. The molecule has 0 atom stereocenters. The zero-order valence-corrected chi connectivity index (χ0v) is 9.57. The summed E-state index contributed by atoms with van der Waals surface area (Å²) in [6.07, 6.45) is 1.17. The third-order valence-electron chi connectivity index (χ3n) is 2.56. The van der Waals surface area contributed by atoms with Crippen LogP contribution in [-0.2, 0) is 6.42 Å². The fourth-order valence-corrected chi connectivity index (χ4v) is 1.56. The fraction of sp³-hybridized carbons (Fsp3) is 0.0833. The third kappa shape index (κ3) is 2.54. The molecule has 0 saturated carbocycles. The highest BCUT2D eigenvalue weighted by molar-refractivity contribution is 5.37. The third-order valence-corrected chi connectivity index (χ3v) is 2.56. The van der Waals surface area contributed by atoms with Gasteiger partial charge in [-0.1, -0.05) is 12.1 Å². The normalized spacial score (nSPS) is 10.3. The topological polar surface area (TPSA) is 114 Å². The van der Waals surface area contributed by atoms with Gasteiger partial charge in [0.15, 0.2) is 0 Å². The molecule has 0 unspecified atom stereocenters. The molecule has 2 aromatic rings. The minimum atomic E-state index is -0.848. The van der Waals surface area contributed by atoms with Crippen LogP contribution in [0.1, 0.15) is 11.1 Å². The number of aromatic hydroxyl groups is 2. The van der Waals surface area contributed by atoms with E-state index in [1.807, 2.05) is 0 Å². The molecule has 0 spiro atoms. The zero-order chi connectivity index (χ0) is 14.0. The van der Waals surface area contributed by atoms with E-state index in [4.69, 9.17) is 5.11 Å². The second-order valence-electron chi connectivity index (χ2n) is 3.84. The smallest absolute Gasteiger partial charge is 0.330 e. The summed E-state index contributed by atoms with van der Waals surface area (Å²) in [5.41, 5.74) is -0.00131. The first-order chi connectivity index (χ1) is 8.99. The molecule has 1 aromatic heterocycles. The van der Waals surface area contributed by atoms with Gasteiger partial charge in [0.05, 0.1) is 4.92 Å². The van der Waals surface area contributed by atoms with Gasteiger partial charge in [-0.25, -0.2) is 0 Å². The Bertz CT molecular complexity index is 674. The number of benzene rings is 1. The Kier molecular flexibility index (Phi) is 3.19. The van der Waals surface area contributed by atoms with Crippen molar-refractivity contribution in [1.29, 1.82) is 0 Å². The number of nitro benzene ring substituents is 1. The maximum atomic E-state index is 11.6. The average Bonchev–Trinajstić information content (AvgIpc) is 2.40. The highest BCUT2D eigenvalue weighted by Crippen LogP contribution is 2.21. The molecule has 98 valence electrons. The van der Waals surface area contributed by atoms with Crippen LogP contribution in [0.25, 0.3) is 0 Å². The van der Waals surface area contributed by atoms with Gasteiger partial charge < -0.3 is 14.6 Å². The molecule has 0 bridgehead atoms. The SMILES string of the molecule is O=c1c(Cc2ccc([N+](=O)[O-])cc2)coc(O)c1O. The maximum Gasteiger partial charge on any atom is 0.330 e. The van der Waals surface area contributed by atoms with Crippen LogP contribution >= 0.6 is 0 Å². The summed E-state index contributed by atoms with van der Waals surface area (Å²) in [6, 6.07) is 5.64. The number of hydrogen-bond acceptors (Lipinski definition) is 6. The Morgan fingerprint density at radius 1 is 1.21 bits per heavy atom. The van der Waals surface area contributed by atoms with Gasteiger partial charge in [0, 0.05) is 24.1 Å². The monoisotopic (exact) mass is 263 g/mol. The standard InChI is InChI=1S/C12H9NO6/c14-10-8(6-19-12(16)11(10)15)5-7-1-3-9(4-2-7)13(17)18/h1-4,6,15-16H,5H2. The number of non-ortho nitro benzene ring substituents is 1. The van der Waals surface area contributed by atoms with E-state index in [0.717, 1.165) is 6.26 Å². The lowest BCUT2D eigenvalue weighted by Gasteiger charge is -2.02. The molecule has 0 radical (unpaired) electrons. The van der Waals surface area contributed by atoms with Crippen LogP contribution in [0.2, 0.25) is 0 Å². The van der Waals surface area contributed by atoms with E-state index in [1.54, 1.807) is 0 Å². The van der Waals surface area contributed by atoms with Gasteiger partial charge >= 0.3 is 5.95 Å². The second kappa shape index (κ2) is 4.81. The maximum absolute atomic E-state index is 11.6.